The highest BCUT2D eigenvalue weighted by Gasteiger charge is 2.23. The molecule has 1 unspecified atom stereocenters. The molecule has 136 valence electrons. The van der Waals surface area contributed by atoms with Crippen molar-refractivity contribution < 1.29 is 4.79 Å². The maximum absolute atomic E-state index is 12.5. The minimum atomic E-state index is -0.0427. The molecule has 0 aliphatic heterocycles. The number of aryl methyl sites for hydroxylation is 2. The molecule has 0 radical (unpaired) electrons. The second-order valence-electron chi connectivity index (χ2n) is 7.21. The van der Waals surface area contributed by atoms with Crippen LogP contribution in [0.2, 0.25) is 0 Å². The molecule has 0 fully saturated rings. The molecule has 3 rings (SSSR count). The lowest BCUT2D eigenvalue weighted by atomic mass is 9.89. The van der Waals surface area contributed by atoms with Gasteiger partial charge in [0.25, 0.3) is 5.56 Å². The summed E-state index contributed by atoms with van der Waals surface area (Å²) in [5, 5.41) is 0.780. The molecule has 1 amide bonds. The van der Waals surface area contributed by atoms with Crippen molar-refractivity contribution in [1.29, 1.82) is 0 Å². The van der Waals surface area contributed by atoms with Crippen LogP contribution in [-0.4, -0.2) is 34.4 Å². The number of rotatable bonds is 6. The van der Waals surface area contributed by atoms with Gasteiger partial charge in [-0.25, -0.2) is 4.98 Å². The monoisotopic (exact) mass is 361 g/mol. The van der Waals surface area contributed by atoms with Gasteiger partial charge in [0.2, 0.25) is 5.91 Å². The van der Waals surface area contributed by atoms with E-state index < -0.39 is 0 Å². The number of aromatic amines is 1. The van der Waals surface area contributed by atoms with Crippen LogP contribution >= 0.6 is 11.3 Å². The van der Waals surface area contributed by atoms with Crippen molar-refractivity contribution >= 4 is 27.5 Å². The Morgan fingerprint density at radius 2 is 2.24 bits per heavy atom. The molecule has 5 nitrogen and oxygen atoms in total. The fraction of sp³-hybridized carbons (Fsp3) is 0.632. The third-order valence-corrected chi connectivity index (χ3v) is 6.21. The molecule has 0 aromatic carbocycles. The minimum absolute atomic E-state index is 0.0427. The maximum Gasteiger partial charge on any atom is 0.259 e. The topological polar surface area (TPSA) is 66.1 Å². The molecule has 0 saturated carbocycles. The molecule has 25 heavy (non-hydrogen) atoms. The summed E-state index contributed by atoms with van der Waals surface area (Å²) in [5.41, 5.74) is 1.16. The van der Waals surface area contributed by atoms with E-state index >= 15 is 0 Å². The Morgan fingerprint density at radius 1 is 1.44 bits per heavy atom. The Labute approximate surface area is 152 Å². The lowest BCUT2D eigenvalue weighted by Gasteiger charge is -2.17. The largest absolute Gasteiger partial charge is 0.346 e. The number of nitrogens with one attached hydrogen (secondary N) is 1. The summed E-state index contributed by atoms with van der Waals surface area (Å²) in [5.74, 6) is 1.41. The van der Waals surface area contributed by atoms with Crippen LogP contribution in [0.4, 0.5) is 0 Å². The smallest absolute Gasteiger partial charge is 0.259 e. The standard InChI is InChI=1S/C19H27N3O2S/c1-4-5-10-22(3)16(23)9-8-15-20-18(24)17-13-7-6-12(2)11-14(13)25-19(17)21-15/h12H,4-11H2,1-3H3,(H,20,21,24). The summed E-state index contributed by atoms with van der Waals surface area (Å²) in [6.45, 7) is 5.16. The fourth-order valence-corrected chi connectivity index (χ4v) is 4.85. The zero-order valence-electron chi connectivity index (χ0n) is 15.4. The molecule has 1 aliphatic carbocycles. The van der Waals surface area contributed by atoms with E-state index in [1.807, 2.05) is 7.05 Å². The van der Waals surface area contributed by atoms with Crippen LogP contribution in [0, 0.1) is 5.92 Å². The second-order valence-corrected chi connectivity index (χ2v) is 8.30. The van der Waals surface area contributed by atoms with Crippen molar-refractivity contribution in [2.24, 2.45) is 5.92 Å². The number of unbranched alkanes of at least 4 members (excludes halogenated alkanes) is 1. The van der Waals surface area contributed by atoms with E-state index in [1.54, 1.807) is 16.2 Å². The summed E-state index contributed by atoms with van der Waals surface area (Å²) in [4.78, 5) is 36.2. The summed E-state index contributed by atoms with van der Waals surface area (Å²) in [7, 11) is 1.84. The molecular formula is C19H27N3O2S. The predicted octanol–water partition coefficient (Wildman–Crippen LogP) is 3.30. The Kier molecular flexibility index (Phi) is 5.57. The van der Waals surface area contributed by atoms with Gasteiger partial charge in [0, 0.05) is 31.3 Å². The van der Waals surface area contributed by atoms with Crippen molar-refractivity contribution in [1.82, 2.24) is 14.9 Å². The Hall–Kier alpha value is -1.69. The molecule has 1 N–H and O–H groups in total. The van der Waals surface area contributed by atoms with E-state index in [0.29, 0.717) is 24.6 Å². The molecule has 2 heterocycles. The van der Waals surface area contributed by atoms with E-state index in [1.165, 1.54) is 10.4 Å². The number of H-pyrrole nitrogens is 1. The number of aromatic nitrogens is 2. The van der Waals surface area contributed by atoms with E-state index in [9.17, 15) is 9.59 Å². The van der Waals surface area contributed by atoms with E-state index in [2.05, 4.69) is 23.8 Å². The fourth-order valence-electron chi connectivity index (χ4n) is 3.45. The first-order valence-corrected chi connectivity index (χ1v) is 10.1. The predicted molar refractivity (Wildman–Crippen MR) is 102 cm³/mol. The average molecular weight is 362 g/mol. The van der Waals surface area contributed by atoms with Crippen LogP contribution < -0.4 is 5.56 Å². The molecule has 0 bridgehead atoms. The molecular weight excluding hydrogens is 334 g/mol. The zero-order valence-corrected chi connectivity index (χ0v) is 16.2. The number of thiophene rings is 1. The van der Waals surface area contributed by atoms with Gasteiger partial charge in [0.05, 0.1) is 5.39 Å². The first kappa shape index (κ1) is 18.1. The normalized spacial score (nSPS) is 16.8. The lowest BCUT2D eigenvalue weighted by Crippen LogP contribution is -2.28. The van der Waals surface area contributed by atoms with Gasteiger partial charge in [-0.05, 0) is 37.2 Å². The number of carbonyl (C=O) groups excluding carboxylic acids is 1. The quantitative estimate of drug-likeness (QED) is 0.858. The summed E-state index contributed by atoms with van der Waals surface area (Å²) < 4.78 is 0. The minimum Gasteiger partial charge on any atom is -0.346 e. The van der Waals surface area contributed by atoms with E-state index in [4.69, 9.17) is 0 Å². The maximum atomic E-state index is 12.5. The Bertz CT molecular complexity index is 824. The van der Waals surface area contributed by atoms with Gasteiger partial charge in [-0.2, -0.15) is 0 Å². The van der Waals surface area contributed by atoms with E-state index in [-0.39, 0.29) is 11.5 Å². The van der Waals surface area contributed by atoms with Gasteiger partial charge < -0.3 is 9.88 Å². The Balaban J connectivity index is 1.75. The van der Waals surface area contributed by atoms with Crippen LogP contribution in [0.5, 0.6) is 0 Å². The highest BCUT2D eigenvalue weighted by atomic mass is 32.1. The number of hydrogen-bond acceptors (Lipinski definition) is 4. The number of nitrogens with zero attached hydrogens (tertiary/aromatic N) is 2. The summed E-state index contributed by atoms with van der Waals surface area (Å²) in [6.07, 6.45) is 6.12. The first-order valence-electron chi connectivity index (χ1n) is 9.27. The number of hydrogen-bond donors (Lipinski definition) is 1. The highest BCUT2D eigenvalue weighted by Crippen LogP contribution is 2.35. The van der Waals surface area contributed by atoms with Gasteiger partial charge in [0.1, 0.15) is 10.7 Å². The van der Waals surface area contributed by atoms with Crippen molar-refractivity contribution in [2.45, 2.75) is 58.8 Å². The van der Waals surface area contributed by atoms with Crippen LogP contribution in [0.1, 0.15) is 55.8 Å². The van der Waals surface area contributed by atoms with Gasteiger partial charge >= 0.3 is 0 Å². The molecule has 1 aliphatic rings. The second kappa shape index (κ2) is 7.68. The van der Waals surface area contributed by atoms with E-state index in [0.717, 1.165) is 48.9 Å². The van der Waals surface area contributed by atoms with Crippen LogP contribution in [0.15, 0.2) is 4.79 Å². The molecule has 1 atom stereocenters. The van der Waals surface area contributed by atoms with Crippen LogP contribution in [0.25, 0.3) is 10.2 Å². The summed E-state index contributed by atoms with van der Waals surface area (Å²) in [6, 6.07) is 0. The third-order valence-electron chi connectivity index (χ3n) is 5.06. The zero-order chi connectivity index (χ0) is 18.0. The van der Waals surface area contributed by atoms with Crippen molar-refractivity contribution in [2.75, 3.05) is 13.6 Å². The average Bonchev–Trinajstić information content (AvgIpc) is 2.95. The molecule has 2 aromatic heterocycles. The Morgan fingerprint density at radius 3 is 3.00 bits per heavy atom. The van der Waals surface area contributed by atoms with Gasteiger partial charge in [-0.3, -0.25) is 9.59 Å². The van der Waals surface area contributed by atoms with Crippen LogP contribution in [-0.2, 0) is 24.1 Å². The van der Waals surface area contributed by atoms with Crippen molar-refractivity contribution in [3.63, 3.8) is 0 Å². The molecule has 6 heteroatoms. The third kappa shape index (κ3) is 3.94. The SMILES string of the molecule is CCCCN(C)C(=O)CCc1nc2sc3c(c2c(=O)[nH]1)CCC(C)C3. The first-order chi connectivity index (χ1) is 12.0. The number of fused-ring (bicyclic) bond motifs is 3. The number of amides is 1. The highest BCUT2D eigenvalue weighted by molar-refractivity contribution is 7.18. The summed E-state index contributed by atoms with van der Waals surface area (Å²) >= 11 is 1.66. The van der Waals surface area contributed by atoms with Gasteiger partial charge in [-0.15, -0.1) is 11.3 Å². The lowest BCUT2D eigenvalue weighted by molar-refractivity contribution is -0.129. The van der Waals surface area contributed by atoms with Crippen molar-refractivity contribution in [3.8, 4) is 0 Å². The molecule has 0 spiro atoms. The van der Waals surface area contributed by atoms with Gasteiger partial charge in [-0.1, -0.05) is 20.3 Å². The van der Waals surface area contributed by atoms with Crippen molar-refractivity contribution in [3.05, 3.63) is 26.6 Å². The van der Waals surface area contributed by atoms with Crippen LogP contribution in [0.3, 0.4) is 0 Å². The van der Waals surface area contributed by atoms with Gasteiger partial charge in [0.15, 0.2) is 0 Å². The molecule has 2 aromatic rings. The number of carbonyl (C=O) groups is 1. The molecule has 0 saturated heterocycles.